The highest BCUT2D eigenvalue weighted by Gasteiger charge is 2.04. The van der Waals surface area contributed by atoms with Gasteiger partial charge in [-0.3, -0.25) is 4.98 Å². The third kappa shape index (κ3) is 2.65. The molecule has 1 N–H and O–H groups in total. The Morgan fingerprint density at radius 1 is 1.40 bits per heavy atom. The lowest BCUT2D eigenvalue weighted by Crippen LogP contribution is -1.93. The lowest BCUT2D eigenvalue weighted by molar-refractivity contribution is 0.908. The molecule has 15 heavy (non-hydrogen) atoms. The van der Waals surface area contributed by atoms with Gasteiger partial charge in [0.15, 0.2) is 0 Å². The van der Waals surface area contributed by atoms with Gasteiger partial charge in [0.1, 0.15) is 10.4 Å². The van der Waals surface area contributed by atoms with Gasteiger partial charge in [-0.1, -0.05) is 6.07 Å². The molecule has 2 aromatic rings. The van der Waals surface area contributed by atoms with Gasteiger partial charge in [-0.05, 0) is 47.3 Å². The molecule has 0 spiro atoms. The number of imidazole rings is 1. The van der Waals surface area contributed by atoms with E-state index >= 15 is 0 Å². The molecule has 0 saturated carbocycles. The van der Waals surface area contributed by atoms with Crippen LogP contribution < -0.4 is 0 Å². The minimum absolute atomic E-state index is 0.920. The van der Waals surface area contributed by atoms with Crippen LogP contribution in [0.3, 0.4) is 0 Å². The molecule has 0 aliphatic heterocycles. The quantitative estimate of drug-likeness (QED) is 0.927. The van der Waals surface area contributed by atoms with Crippen molar-refractivity contribution in [3.05, 3.63) is 46.2 Å². The van der Waals surface area contributed by atoms with Crippen molar-refractivity contribution < 1.29 is 0 Å². The molecular weight excluding hydrogens is 254 g/mol. The van der Waals surface area contributed by atoms with Crippen LogP contribution in [0.4, 0.5) is 0 Å². The van der Waals surface area contributed by atoms with E-state index in [-0.39, 0.29) is 0 Å². The van der Waals surface area contributed by atoms with Crippen LogP contribution in [-0.4, -0.2) is 15.0 Å². The van der Waals surface area contributed by atoms with Gasteiger partial charge in [0.25, 0.3) is 0 Å². The predicted octanol–water partition coefficient (Wildman–Crippen LogP) is 2.66. The first-order valence-corrected chi connectivity index (χ1v) is 5.65. The van der Waals surface area contributed by atoms with Crippen molar-refractivity contribution in [2.24, 2.45) is 0 Å². The zero-order valence-corrected chi connectivity index (χ0v) is 10.1. The first-order valence-electron chi connectivity index (χ1n) is 4.85. The van der Waals surface area contributed by atoms with E-state index in [1.165, 1.54) is 5.56 Å². The Kier molecular flexibility index (Phi) is 3.16. The Morgan fingerprint density at radius 2 is 2.27 bits per heavy atom. The van der Waals surface area contributed by atoms with E-state index in [9.17, 15) is 0 Å². The van der Waals surface area contributed by atoms with E-state index in [4.69, 9.17) is 0 Å². The van der Waals surface area contributed by atoms with E-state index < -0.39 is 0 Å². The molecule has 2 rings (SSSR count). The minimum Gasteiger partial charge on any atom is -0.345 e. The Bertz CT molecular complexity index is 436. The Morgan fingerprint density at radius 3 is 2.87 bits per heavy atom. The van der Waals surface area contributed by atoms with Crippen molar-refractivity contribution >= 4 is 15.9 Å². The van der Waals surface area contributed by atoms with Crippen LogP contribution in [0, 0.1) is 6.92 Å². The summed E-state index contributed by atoms with van der Waals surface area (Å²) in [5, 5.41) is 0. The number of H-pyrrole nitrogens is 1. The summed E-state index contributed by atoms with van der Waals surface area (Å²) >= 11 is 3.43. The molecule has 0 aliphatic carbocycles. The fourth-order valence-corrected chi connectivity index (χ4v) is 2.06. The topological polar surface area (TPSA) is 41.6 Å². The van der Waals surface area contributed by atoms with Crippen LogP contribution in [0.2, 0.25) is 0 Å². The van der Waals surface area contributed by atoms with Crippen molar-refractivity contribution in [1.29, 1.82) is 0 Å². The molecule has 0 atom stereocenters. The number of hydrogen-bond acceptors (Lipinski definition) is 2. The highest BCUT2D eigenvalue weighted by atomic mass is 79.9. The summed E-state index contributed by atoms with van der Waals surface area (Å²) in [4.78, 5) is 11.6. The number of aromatic amines is 1. The molecule has 4 heteroatoms. The zero-order valence-electron chi connectivity index (χ0n) is 8.50. The zero-order chi connectivity index (χ0) is 10.7. The Balaban J connectivity index is 2.02. The summed E-state index contributed by atoms with van der Waals surface area (Å²) < 4.78 is 0.920. The maximum absolute atomic E-state index is 4.27. The molecule has 0 amide bonds. The summed E-state index contributed by atoms with van der Waals surface area (Å²) in [5.74, 6) is 0.947. The van der Waals surface area contributed by atoms with Crippen LogP contribution in [0.1, 0.15) is 17.1 Å². The monoisotopic (exact) mass is 265 g/mol. The third-order valence-electron chi connectivity index (χ3n) is 2.23. The standard InChI is InChI=1S/C11H12BrN3/c1-8-14-10(11(12)15-8)5-4-9-3-2-6-13-7-9/h2-3,6-7H,4-5H2,1H3,(H,14,15). The predicted molar refractivity (Wildman–Crippen MR) is 62.7 cm³/mol. The Labute approximate surface area is 97.1 Å². The second-order valence-electron chi connectivity index (χ2n) is 3.45. The smallest absolute Gasteiger partial charge is 0.127 e. The van der Waals surface area contributed by atoms with Crippen molar-refractivity contribution in [1.82, 2.24) is 15.0 Å². The van der Waals surface area contributed by atoms with Crippen molar-refractivity contribution in [3.63, 3.8) is 0 Å². The van der Waals surface area contributed by atoms with Crippen LogP contribution in [0.25, 0.3) is 0 Å². The first kappa shape index (κ1) is 10.4. The number of nitrogens with zero attached hydrogens (tertiary/aromatic N) is 2. The number of pyridine rings is 1. The maximum Gasteiger partial charge on any atom is 0.127 e. The number of aryl methyl sites for hydroxylation is 3. The fourth-order valence-electron chi connectivity index (χ4n) is 1.49. The van der Waals surface area contributed by atoms with Gasteiger partial charge in [-0.2, -0.15) is 0 Å². The number of nitrogens with one attached hydrogen (secondary N) is 1. The summed E-state index contributed by atoms with van der Waals surface area (Å²) in [6.07, 6.45) is 5.62. The average molecular weight is 266 g/mol. The summed E-state index contributed by atoms with van der Waals surface area (Å²) in [6.45, 7) is 1.96. The van der Waals surface area contributed by atoms with Gasteiger partial charge in [0, 0.05) is 18.1 Å². The highest BCUT2D eigenvalue weighted by Crippen LogP contribution is 2.15. The summed E-state index contributed by atoms with van der Waals surface area (Å²) in [5.41, 5.74) is 2.40. The molecule has 2 aromatic heterocycles. The van der Waals surface area contributed by atoms with Gasteiger partial charge in [0.05, 0.1) is 0 Å². The van der Waals surface area contributed by atoms with Crippen LogP contribution >= 0.6 is 15.9 Å². The molecule has 3 nitrogen and oxygen atoms in total. The largest absolute Gasteiger partial charge is 0.345 e. The lowest BCUT2D eigenvalue weighted by atomic mass is 10.1. The molecule has 0 fully saturated rings. The van der Waals surface area contributed by atoms with Gasteiger partial charge < -0.3 is 4.98 Å². The van der Waals surface area contributed by atoms with Gasteiger partial charge >= 0.3 is 0 Å². The SMILES string of the molecule is Cc1nc(Br)c(CCc2cccnc2)[nH]1. The number of aromatic nitrogens is 3. The first-order chi connectivity index (χ1) is 7.25. The van der Waals surface area contributed by atoms with Crippen molar-refractivity contribution in [3.8, 4) is 0 Å². The second kappa shape index (κ2) is 4.57. The van der Waals surface area contributed by atoms with E-state index in [2.05, 4.69) is 36.9 Å². The molecule has 0 radical (unpaired) electrons. The normalized spacial score (nSPS) is 10.5. The molecule has 78 valence electrons. The number of hydrogen-bond donors (Lipinski definition) is 1. The minimum atomic E-state index is 0.920. The second-order valence-corrected chi connectivity index (χ2v) is 4.20. The van der Waals surface area contributed by atoms with Gasteiger partial charge in [-0.25, -0.2) is 4.98 Å². The highest BCUT2D eigenvalue weighted by molar-refractivity contribution is 9.10. The van der Waals surface area contributed by atoms with Crippen LogP contribution in [0.15, 0.2) is 29.1 Å². The molecular formula is C11H12BrN3. The summed E-state index contributed by atoms with van der Waals surface area (Å²) in [7, 11) is 0. The van der Waals surface area contributed by atoms with Crippen LogP contribution in [0.5, 0.6) is 0 Å². The van der Waals surface area contributed by atoms with E-state index in [0.717, 1.165) is 29.0 Å². The lowest BCUT2D eigenvalue weighted by Gasteiger charge is -1.99. The molecule has 0 bridgehead atoms. The maximum atomic E-state index is 4.27. The molecule has 0 saturated heterocycles. The summed E-state index contributed by atoms with van der Waals surface area (Å²) in [6, 6.07) is 4.05. The van der Waals surface area contributed by atoms with E-state index in [1.807, 2.05) is 19.2 Å². The number of halogens is 1. The van der Waals surface area contributed by atoms with E-state index in [1.54, 1.807) is 6.20 Å². The van der Waals surface area contributed by atoms with Crippen molar-refractivity contribution in [2.45, 2.75) is 19.8 Å². The third-order valence-corrected chi connectivity index (χ3v) is 2.89. The Hall–Kier alpha value is -1.16. The van der Waals surface area contributed by atoms with E-state index in [0.29, 0.717) is 0 Å². The average Bonchev–Trinajstić information content (AvgIpc) is 2.56. The molecule has 2 heterocycles. The molecule has 0 aromatic carbocycles. The number of rotatable bonds is 3. The fraction of sp³-hybridized carbons (Fsp3) is 0.273. The van der Waals surface area contributed by atoms with Crippen LogP contribution in [-0.2, 0) is 12.8 Å². The molecule has 0 aliphatic rings. The van der Waals surface area contributed by atoms with Crippen molar-refractivity contribution in [2.75, 3.05) is 0 Å². The van der Waals surface area contributed by atoms with Gasteiger partial charge in [0.2, 0.25) is 0 Å². The van der Waals surface area contributed by atoms with Gasteiger partial charge in [-0.15, -0.1) is 0 Å². The molecule has 0 unspecified atom stereocenters.